The molecule has 0 unspecified atom stereocenters. The van der Waals surface area contributed by atoms with Gasteiger partial charge in [0.25, 0.3) is 11.8 Å². The van der Waals surface area contributed by atoms with Crippen molar-refractivity contribution in [2.45, 2.75) is 0 Å². The van der Waals surface area contributed by atoms with E-state index in [9.17, 15) is 9.59 Å². The fraction of sp³-hybridized carbons (Fsp3) is 0. The Morgan fingerprint density at radius 2 is 2.07 bits per heavy atom. The third kappa shape index (κ3) is 3.96. The molecular formula is C19H12Cl2N6O2. The molecule has 0 aliphatic rings. The maximum atomic E-state index is 13.0. The highest BCUT2D eigenvalue weighted by Crippen LogP contribution is 2.27. The van der Waals surface area contributed by atoms with E-state index in [1.54, 1.807) is 12.1 Å². The van der Waals surface area contributed by atoms with E-state index in [0.29, 0.717) is 5.56 Å². The van der Waals surface area contributed by atoms with Gasteiger partial charge in [0.1, 0.15) is 5.69 Å². The summed E-state index contributed by atoms with van der Waals surface area (Å²) >= 11 is 12.1. The summed E-state index contributed by atoms with van der Waals surface area (Å²) in [7, 11) is 0. The Kier molecular flexibility index (Phi) is 5.64. The number of rotatable bonds is 5. The second-order valence-corrected chi connectivity index (χ2v) is 6.49. The zero-order valence-electron chi connectivity index (χ0n) is 14.7. The van der Waals surface area contributed by atoms with Crippen LogP contribution in [-0.2, 0) is 0 Å². The minimum Gasteiger partial charge on any atom is -0.366 e. The number of anilines is 1. The number of halogens is 2. The summed E-state index contributed by atoms with van der Waals surface area (Å²) in [5.74, 6) is -1.27. The number of aromatic nitrogens is 3. The predicted molar refractivity (Wildman–Crippen MR) is 109 cm³/mol. The fourth-order valence-electron chi connectivity index (χ4n) is 2.61. The van der Waals surface area contributed by atoms with Crippen LogP contribution in [0, 0.1) is 11.3 Å². The van der Waals surface area contributed by atoms with Crippen molar-refractivity contribution in [3.8, 4) is 11.9 Å². The Hall–Kier alpha value is -3.67. The number of carbonyl (C=O) groups excluding carboxylic acids is 2. The number of nitriles is 1. The number of hydrogen-bond acceptors (Lipinski definition) is 5. The first-order chi connectivity index (χ1) is 13.8. The molecule has 0 atom stereocenters. The smallest absolute Gasteiger partial charge is 0.274 e. The SMILES string of the molecule is C=Cc1cc(C#N)cc(C(N)=O)c1NC(=O)c1cc(Cl)nn1-c1ncccc1Cl. The molecule has 3 N–H and O–H groups in total. The summed E-state index contributed by atoms with van der Waals surface area (Å²) in [6, 6.07) is 9.21. The largest absolute Gasteiger partial charge is 0.366 e. The standard InChI is InChI=1S/C19H12Cl2N6O2/c1-2-11-6-10(9-22)7-12(17(23)28)16(11)25-19(29)14-8-15(21)26-27(14)18-13(20)4-3-5-24-18/h2-8H,1H2,(H2,23,28)(H,25,29). The number of nitrogens with one attached hydrogen (secondary N) is 1. The van der Waals surface area contributed by atoms with Crippen LogP contribution < -0.4 is 11.1 Å². The van der Waals surface area contributed by atoms with E-state index < -0.39 is 11.8 Å². The lowest BCUT2D eigenvalue weighted by Crippen LogP contribution is -2.22. The molecule has 0 saturated carbocycles. The fourth-order valence-corrected chi connectivity index (χ4v) is 2.99. The Labute approximate surface area is 175 Å². The summed E-state index contributed by atoms with van der Waals surface area (Å²) in [6.45, 7) is 3.65. The molecule has 8 nitrogen and oxygen atoms in total. The summed E-state index contributed by atoms with van der Waals surface area (Å²) in [6.07, 6.45) is 2.88. The molecule has 29 heavy (non-hydrogen) atoms. The van der Waals surface area contributed by atoms with Crippen LogP contribution in [0.25, 0.3) is 11.9 Å². The van der Waals surface area contributed by atoms with Gasteiger partial charge in [0.05, 0.1) is 27.9 Å². The lowest BCUT2D eigenvalue weighted by molar-refractivity contribution is 0.100. The van der Waals surface area contributed by atoms with Crippen LogP contribution in [0.1, 0.15) is 32.0 Å². The van der Waals surface area contributed by atoms with Crippen LogP contribution in [0.15, 0.2) is 43.1 Å². The molecule has 10 heteroatoms. The Bertz CT molecular complexity index is 1200. The average Bonchev–Trinajstić information content (AvgIpc) is 3.09. The third-order valence-electron chi connectivity index (χ3n) is 3.87. The first-order valence-electron chi connectivity index (χ1n) is 8.04. The van der Waals surface area contributed by atoms with Gasteiger partial charge in [0, 0.05) is 12.3 Å². The van der Waals surface area contributed by atoms with Crippen molar-refractivity contribution in [1.29, 1.82) is 5.26 Å². The van der Waals surface area contributed by atoms with Crippen molar-refractivity contribution in [3.05, 3.63) is 75.7 Å². The molecule has 2 aromatic heterocycles. The van der Waals surface area contributed by atoms with E-state index in [1.165, 1.54) is 35.2 Å². The van der Waals surface area contributed by atoms with Gasteiger partial charge < -0.3 is 11.1 Å². The molecule has 2 amide bonds. The van der Waals surface area contributed by atoms with E-state index in [0.717, 1.165) is 0 Å². The number of amides is 2. The third-order valence-corrected chi connectivity index (χ3v) is 4.35. The monoisotopic (exact) mass is 426 g/mol. The maximum Gasteiger partial charge on any atom is 0.274 e. The van der Waals surface area contributed by atoms with Gasteiger partial charge in [-0.2, -0.15) is 10.4 Å². The molecule has 3 rings (SSSR count). The number of benzene rings is 1. The van der Waals surface area contributed by atoms with Gasteiger partial charge in [-0.05, 0) is 29.8 Å². The normalized spacial score (nSPS) is 10.2. The van der Waals surface area contributed by atoms with E-state index in [1.807, 2.05) is 6.07 Å². The lowest BCUT2D eigenvalue weighted by atomic mass is 10.0. The quantitative estimate of drug-likeness (QED) is 0.645. The summed E-state index contributed by atoms with van der Waals surface area (Å²) in [5.41, 5.74) is 6.04. The Balaban J connectivity index is 2.10. The van der Waals surface area contributed by atoms with Crippen molar-refractivity contribution in [1.82, 2.24) is 14.8 Å². The van der Waals surface area contributed by atoms with Crippen LogP contribution in [0.5, 0.6) is 0 Å². The van der Waals surface area contributed by atoms with Gasteiger partial charge in [-0.15, -0.1) is 0 Å². The van der Waals surface area contributed by atoms with E-state index >= 15 is 0 Å². The molecule has 0 fully saturated rings. The number of primary amides is 1. The van der Waals surface area contributed by atoms with Crippen LogP contribution in [0.4, 0.5) is 5.69 Å². The zero-order valence-corrected chi connectivity index (χ0v) is 16.2. The molecule has 0 spiro atoms. The molecule has 0 bridgehead atoms. The molecule has 144 valence electrons. The number of nitrogens with two attached hydrogens (primary N) is 1. The van der Waals surface area contributed by atoms with Gasteiger partial charge in [-0.25, -0.2) is 9.67 Å². The highest BCUT2D eigenvalue weighted by atomic mass is 35.5. The molecule has 1 aromatic carbocycles. The minimum atomic E-state index is -0.820. The first-order valence-corrected chi connectivity index (χ1v) is 8.79. The average molecular weight is 427 g/mol. The van der Waals surface area contributed by atoms with Crippen molar-refractivity contribution in [3.63, 3.8) is 0 Å². The highest BCUT2D eigenvalue weighted by Gasteiger charge is 2.22. The predicted octanol–water partition coefficient (Wildman–Crippen LogP) is 3.44. The maximum absolute atomic E-state index is 13.0. The summed E-state index contributed by atoms with van der Waals surface area (Å²) in [5, 5.41) is 16.1. The molecule has 2 heterocycles. The van der Waals surface area contributed by atoms with Crippen LogP contribution in [-0.4, -0.2) is 26.6 Å². The van der Waals surface area contributed by atoms with E-state index in [4.69, 9.17) is 34.2 Å². The Morgan fingerprint density at radius 1 is 1.31 bits per heavy atom. The van der Waals surface area contributed by atoms with Crippen LogP contribution in [0.2, 0.25) is 10.2 Å². The van der Waals surface area contributed by atoms with Crippen LogP contribution >= 0.6 is 23.2 Å². The van der Waals surface area contributed by atoms with Crippen molar-refractivity contribution in [2.75, 3.05) is 5.32 Å². The Morgan fingerprint density at radius 3 is 2.69 bits per heavy atom. The molecule has 3 aromatic rings. The summed E-state index contributed by atoms with van der Waals surface area (Å²) in [4.78, 5) is 29.0. The molecule has 0 aliphatic carbocycles. The van der Waals surface area contributed by atoms with Crippen LogP contribution in [0.3, 0.4) is 0 Å². The van der Waals surface area contributed by atoms with Crippen molar-refractivity contribution >= 4 is 46.8 Å². The lowest BCUT2D eigenvalue weighted by Gasteiger charge is -2.14. The number of hydrogen-bond donors (Lipinski definition) is 2. The van der Waals surface area contributed by atoms with Gasteiger partial charge in [-0.3, -0.25) is 9.59 Å². The van der Waals surface area contributed by atoms with Crippen molar-refractivity contribution < 1.29 is 9.59 Å². The highest BCUT2D eigenvalue weighted by molar-refractivity contribution is 6.32. The minimum absolute atomic E-state index is 0.0189. The van der Waals surface area contributed by atoms with Gasteiger partial charge in [-0.1, -0.05) is 35.9 Å². The number of nitrogens with zero attached hydrogens (tertiary/aromatic N) is 4. The molecule has 0 radical (unpaired) electrons. The van der Waals surface area contributed by atoms with E-state index in [2.05, 4.69) is 22.0 Å². The first kappa shape index (κ1) is 20.1. The zero-order chi connectivity index (χ0) is 21.1. The van der Waals surface area contributed by atoms with Gasteiger partial charge in [0.15, 0.2) is 11.0 Å². The second kappa shape index (κ2) is 8.14. The topological polar surface area (TPSA) is 127 Å². The molecule has 0 aliphatic heterocycles. The number of pyridine rings is 1. The number of carbonyl (C=O) groups is 2. The van der Waals surface area contributed by atoms with E-state index in [-0.39, 0.29) is 38.5 Å². The second-order valence-electron chi connectivity index (χ2n) is 5.70. The van der Waals surface area contributed by atoms with Gasteiger partial charge >= 0.3 is 0 Å². The van der Waals surface area contributed by atoms with Crippen molar-refractivity contribution in [2.24, 2.45) is 5.73 Å². The molecular weight excluding hydrogens is 415 g/mol. The summed E-state index contributed by atoms with van der Waals surface area (Å²) < 4.78 is 1.18. The van der Waals surface area contributed by atoms with Gasteiger partial charge in [0.2, 0.25) is 0 Å². The molecule has 0 saturated heterocycles.